The highest BCUT2D eigenvalue weighted by atomic mass is 16.5. The molecule has 1 fully saturated rings. The molecule has 4 rings (SSSR count). The zero-order valence-electron chi connectivity index (χ0n) is 22.5. The molecule has 2 atom stereocenters. The molecule has 37 heavy (non-hydrogen) atoms. The van der Waals surface area contributed by atoms with Crippen LogP contribution in [0.3, 0.4) is 0 Å². The fourth-order valence-electron chi connectivity index (χ4n) is 4.57. The smallest absolute Gasteiger partial charge is 0.154 e. The van der Waals surface area contributed by atoms with Crippen molar-refractivity contribution in [1.29, 1.82) is 5.41 Å². The summed E-state index contributed by atoms with van der Waals surface area (Å²) >= 11 is 0. The molecule has 1 aliphatic rings. The van der Waals surface area contributed by atoms with E-state index in [1.807, 2.05) is 30.5 Å². The lowest BCUT2D eigenvalue weighted by Gasteiger charge is -2.35. The van der Waals surface area contributed by atoms with Crippen LogP contribution in [0.4, 0.5) is 11.6 Å². The van der Waals surface area contributed by atoms with Gasteiger partial charge in [0, 0.05) is 55.4 Å². The molecule has 3 aromatic rings. The van der Waals surface area contributed by atoms with Crippen LogP contribution in [0.25, 0.3) is 16.6 Å². The van der Waals surface area contributed by atoms with E-state index in [-0.39, 0.29) is 12.2 Å². The van der Waals surface area contributed by atoms with Gasteiger partial charge in [-0.25, -0.2) is 4.98 Å². The predicted octanol–water partition coefficient (Wildman–Crippen LogP) is 4.76. The number of nitrogens with zero attached hydrogens (tertiary/aromatic N) is 5. The molecule has 0 unspecified atom stereocenters. The van der Waals surface area contributed by atoms with Crippen LogP contribution >= 0.6 is 0 Å². The zero-order chi connectivity index (χ0) is 26.4. The van der Waals surface area contributed by atoms with E-state index in [4.69, 9.17) is 15.1 Å². The predicted molar refractivity (Wildman–Crippen MR) is 149 cm³/mol. The number of nitrogens with one attached hydrogen (secondary N) is 3. The van der Waals surface area contributed by atoms with Crippen molar-refractivity contribution in [2.45, 2.75) is 59.2 Å². The summed E-state index contributed by atoms with van der Waals surface area (Å²) in [5.74, 6) is 1.69. The Morgan fingerprint density at radius 2 is 1.92 bits per heavy atom. The van der Waals surface area contributed by atoms with Crippen molar-refractivity contribution in [2.75, 3.05) is 31.5 Å². The Labute approximate surface area is 219 Å². The van der Waals surface area contributed by atoms with Gasteiger partial charge in [0.05, 0.1) is 29.4 Å². The van der Waals surface area contributed by atoms with Crippen LogP contribution in [0.5, 0.6) is 0 Å². The van der Waals surface area contributed by atoms with E-state index in [1.165, 1.54) is 0 Å². The maximum absolute atomic E-state index is 8.32. The summed E-state index contributed by atoms with van der Waals surface area (Å²) in [6, 6.07) is 7.78. The van der Waals surface area contributed by atoms with Gasteiger partial charge in [-0.15, -0.1) is 5.10 Å². The van der Waals surface area contributed by atoms with Crippen molar-refractivity contribution in [3.63, 3.8) is 0 Å². The number of allylic oxidation sites excluding steroid dienone is 1. The van der Waals surface area contributed by atoms with Gasteiger partial charge in [-0.05, 0) is 62.9 Å². The summed E-state index contributed by atoms with van der Waals surface area (Å²) < 4.78 is 5.82. The van der Waals surface area contributed by atoms with E-state index in [9.17, 15) is 0 Å². The lowest BCUT2D eigenvalue weighted by atomic mass is 10.0. The van der Waals surface area contributed by atoms with Crippen LogP contribution < -0.4 is 10.6 Å². The second-order valence-electron chi connectivity index (χ2n) is 10.1. The highest BCUT2D eigenvalue weighted by Gasteiger charge is 2.21. The van der Waals surface area contributed by atoms with E-state index < -0.39 is 0 Å². The first kappa shape index (κ1) is 26.6. The molecular formula is C28H38N8O. The van der Waals surface area contributed by atoms with E-state index in [0.29, 0.717) is 23.3 Å². The molecule has 9 nitrogen and oxygen atoms in total. The molecule has 9 heteroatoms. The molecule has 0 radical (unpaired) electrons. The minimum absolute atomic E-state index is 0.284. The Balaban J connectivity index is 1.42. The molecule has 0 saturated carbocycles. The lowest BCUT2D eigenvalue weighted by molar-refractivity contribution is -0.0679. The van der Waals surface area contributed by atoms with Crippen LogP contribution in [-0.4, -0.2) is 69.2 Å². The Hall–Kier alpha value is -3.43. The summed E-state index contributed by atoms with van der Waals surface area (Å²) in [6.07, 6.45) is 7.10. The third kappa shape index (κ3) is 7.30. The number of pyridine rings is 2. The van der Waals surface area contributed by atoms with Gasteiger partial charge in [0.15, 0.2) is 5.82 Å². The standard InChI is InChI=1S/C28H38N8O/c1-18(2)22-12-28(35-32-14-22)34-27-8-7-25-26(33-27)11-23(13-31-25)24(21(5)29)15-30-9-6-10-36-16-19(3)37-20(4)17-36/h7-8,11-15,18-20,29-30H,6,9-10,16-17H2,1-5H3,(H,33,34,35)/b24-15+,29-21?/t19-,20+. The topological polar surface area (TPSA) is 112 Å². The summed E-state index contributed by atoms with van der Waals surface area (Å²) in [7, 11) is 0. The molecule has 0 amide bonds. The molecule has 4 heterocycles. The van der Waals surface area contributed by atoms with Gasteiger partial charge in [0.25, 0.3) is 0 Å². The van der Waals surface area contributed by atoms with Crippen molar-refractivity contribution in [3.05, 3.63) is 54.0 Å². The van der Waals surface area contributed by atoms with Gasteiger partial charge in [-0.1, -0.05) is 13.8 Å². The van der Waals surface area contributed by atoms with Crippen molar-refractivity contribution in [1.82, 2.24) is 30.4 Å². The highest BCUT2D eigenvalue weighted by molar-refractivity contribution is 6.21. The largest absolute Gasteiger partial charge is 0.390 e. The van der Waals surface area contributed by atoms with Gasteiger partial charge in [0.2, 0.25) is 0 Å². The van der Waals surface area contributed by atoms with Crippen LogP contribution in [0, 0.1) is 5.41 Å². The maximum Gasteiger partial charge on any atom is 0.154 e. The second-order valence-corrected chi connectivity index (χ2v) is 10.1. The van der Waals surface area contributed by atoms with Gasteiger partial charge in [0.1, 0.15) is 5.82 Å². The number of aromatic nitrogens is 4. The first-order valence-corrected chi connectivity index (χ1v) is 13.0. The summed E-state index contributed by atoms with van der Waals surface area (Å²) in [4.78, 5) is 11.8. The fourth-order valence-corrected chi connectivity index (χ4v) is 4.57. The molecule has 0 aliphatic carbocycles. The molecule has 3 N–H and O–H groups in total. The zero-order valence-corrected chi connectivity index (χ0v) is 22.5. The van der Waals surface area contributed by atoms with Crippen molar-refractivity contribution in [3.8, 4) is 0 Å². The third-order valence-electron chi connectivity index (χ3n) is 6.39. The number of anilines is 2. The minimum Gasteiger partial charge on any atom is -0.390 e. The average Bonchev–Trinajstić information content (AvgIpc) is 2.85. The van der Waals surface area contributed by atoms with Gasteiger partial charge >= 0.3 is 0 Å². The quantitative estimate of drug-likeness (QED) is 0.269. The molecule has 1 aliphatic heterocycles. The van der Waals surface area contributed by atoms with Gasteiger partial charge in [-0.2, -0.15) is 5.10 Å². The first-order valence-electron chi connectivity index (χ1n) is 13.0. The summed E-state index contributed by atoms with van der Waals surface area (Å²) in [5, 5.41) is 23.2. The normalized spacial score (nSPS) is 18.8. The number of morpholine rings is 1. The van der Waals surface area contributed by atoms with Gasteiger partial charge < -0.3 is 20.8 Å². The monoisotopic (exact) mass is 502 g/mol. The Kier molecular flexibility index (Phi) is 8.78. The van der Waals surface area contributed by atoms with Crippen molar-refractivity contribution >= 4 is 34.0 Å². The number of hydrogen-bond acceptors (Lipinski definition) is 9. The summed E-state index contributed by atoms with van der Waals surface area (Å²) in [6.45, 7) is 14.1. The van der Waals surface area contributed by atoms with Crippen molar-refractivity contribution in [2.24, 2.45) is 0 Å². The number of rotatable bonds is 10. The van der Waals surface area contributed by atoms with Crippen LogP contribution in [0.1, 0.15) is 58.1 Å². The van der Waals surface area contributed by atoms with Crippen LogP contribution in [0.15, 0.2) is 42.9 Å². The highest BCUT2D eigenvalue weighted by Crippen LogP contribution is 2.22. The Morgan fingerprint density at radius 1 is 1.14 bits per heavy atom. The molecule has 0 aromatic carbocycles. The molecule has 1 saturated heterocycles. The molecule has 0 bridgehead atoms. The van der Waals surface area contributed by atoms with E-state index >= 15 is 0 Å². The van der Waals surface area contributed by atoms with Crippen LogP contribution in [0.2, 0.25) is 0 Å². The molecule has 0 spiro atoms. The fraction of sp³-hybridized carbons (Fsp3) is 0.464. The number of ether oxygens (including phenoxy) is 1. The van der Waals surface area contributed by atoms with E-state index in [0.717, 1.165) is 60.3 Å². The molecule has 196 valence electrons. The first-order chi connectivity index (χ1) is 17.8. The number of hydrogen-bond donors (Lipinski definition) is 3. The number of fused-ring (bicyclic) bond motifs is 1. The lowest BCUT2D eigenvalue weighted by Crippen LogP contribution is -2.45. The molecular weight excluding hydrogens is 464 g/mol. The average molecular weight is 503 g/mol. The second kappa shape index (κ2) is 12.2. The van der Waals surface area contributed by atoms with Crippen LogP contribution in [-0.2, 0) is 4.74 Å². The van der Waals surface area contributed by atoms with Gasteiger partial charge in [-0.3, -0.25) is 9.88 Å². The Morgan fingerprint density at radius 3 is 2.65 bits per heavy atom. The maximum atomic E-state index is 8.32. The Bertz CT molecular complexity index is 1250. The SMILES string of the molecule is CC(=N)/C(=C\NCCCN1C[C@@H](C)O[C@@H](C)C1)c1cnc2ccc(Nc3cc(C(C)C)cnn3)nc2c1. The third-order valence-corrected chi connectivity index (χ3v) is 6.39. The summed E-state index contributed by atoms with van der Waals surface area (Å²) in [5.41, 5.74) is 4.78. The minimum atomic E-state index is 0.284. The van der Waals surface area contributed by atoms with Crippen molar-refractivity contribution < 1.29 is 4.74 Å². The van der Waals surface area contributed by atoms with E-state index in [2.05, 4.69) is 58.4 Å². The molecule has 3 aromatic heterocycles. The van der Waals surface area contributed by atoms with E-state index in [1.54, 1.807) is 19.3 Å².